The van der Waals surface area contributed by atoms with Gasteiger partial charge in [-0.2, -0.15) is 0 Å². The third-order valence-corrected chi connectivity index (χ3v) is 3.06. The van der Waals surface area contributed by atoms with Crippen molar-refractivity contribution in [3.63, 3.8) is 0 Å². The number of ether oxygens (including phenoxy) is 2. The lowest BCUT2D eigenvalue weighted by Gasteiger charge is -2.18. The number of benzene rings is 1. The summed E-state index contributed by atoms with van der Waals surface area (Å²) in [5.74, 6) is -2.34. The molecule has 6 nitrogen and oxygen atoms in total. The van der Waals surface area contributed by atoms with Gasteiger partial charge in [-0.1, -0.05) is 29.8 Å². The van der Waals surface area contributed by atoms with Crippen molar-refractivity contribution in [3.8, 4) is 0 Å². The molecule has 1 heterocycles. The molecule has 2 rings (SSSR count). The smallest absolute Gasteiger partial charge is 0.377 e. The molecule has 1 aliphatic rings. The van der Waals surface area contributed by atoms with Crippen LogP contribution in [0, 0.1) is 6.92 Å². The van der Waals surface area contributed by atoms with E-state index in [1.807, 2.05) is 31.2 Å². The summed E-state index contributed by atoms with van der Waals surface area (Å²) >= 11 is 0. The first-order valence-electron chi connectivity index (χ1n) is 6.86. The molecule has 0 spiro atoms. The van der Waals surface area contributed by atoms with Gasteiger partial charge in [0.05, 0.1) is 19.7 Å². The van der Waals surface area contributed by atoms with Gasteiger partial charge in [-0.3, -0.25) is 9.63 Å². The fourth-order valence-electron chi connectivity index (χ4n) is 1.97. The Kier molecular flexibility index (Phi) is 4.51. The molecular weight excluding hydrogens is 286 g/mol. The molecule has 0 atom stereocenters. The Balaban J connectivity index is 2.09. The quantitative estimate of drug-likeness (QED) is 0.484. The number of esters is 1. The zero-order valence-electron chi connectivity index (χ0n) is 13.1. The molecule has 1 aromatic carbocycles. The number of cyclic esters (lactones) is 1. The summed E-state index contributed by atoms with van der Waals surface area (Å²) < 4.78 is 10.2. The molecule has 0 bridgehead atoms. The maximum absolute atomic E-state index is 12.2. The van der Waals surface area contributed by atoms with Gasteiger partial charge in [-0.05, 0) is 12.5 Å². The normalized spacial score (nSPS) is 18.0. The average molecular weight is 305 g/mol. The lowest BCUT2D eigenvalue weighted by molar-refractivity contribution is -0.173. The van der Waals surface area contributed by atoms with Crippen LogP contribution < -0.4 is 0 Å². The Morgan fingerprint density at radius 1 is 1.27 bits per heavy atom. The molecule has 1 fully saturated rings. The number of hydroxylamine groups is 2. The fraction of sp³-hybridized carbons (Fsp3) is 0.375. The summed E-state index contributed by atoms with van der Waals surface area (Å²) in [4.78, 5) is 28.9. The highest BCUT2D eigenvalue weighted by Crippen LogP contribution is 2.26. The number of amides is 1. The molecule has 1 aromatic rings. The standard InChI is InChI=1S/C16H19NO5/c1-11-5-7-12(8-6-11)10-17(20-4)14(18)9-13-15(19)22-16(2,3)21-13/h5-9H,10H2,1-4H3/b13-9-. The summed E-state index contributed by atoms with van der Waals surface area (Å²) in [6.07, 6.45) is 1.08. The minimum absolute atomic E-state index is 0.124. The lowest BCUT2D eigenvalue weighted by atomic mass is 10.1. The molecule has 0 radical (unpaired) electrons. The summed E-state index contributed by atoms with van der Waals surface area (Å²) in [5.41, 5.74) is 2.04. The van der Waals surface area contributed by atoms with Crippen molar-refractivity contribution in [1.29, 1.82) is 0 Å². The Morgan fingerprint density at radius 3 is 2.41 bits per heavy atom. The number of nitrogens with zero attached hydrogens (tertiary/aromatic N) is 1. The summed E-state index contributed by atoms with van der Waals surface area (Å²) in [6, 6.07) is 7.72. The Bertz CT molecular complexity index is 603. The second-order valence-corrected chi connectivity index (χ2v) is 5.44. The van der Waals surface area contributed by atoms with Gasteiger partial charge in [0.15, 0.2) is 0 Å². The highest BCUT2D eigenvalue weighted by Gasteiger charge is 2.38. The monoisotopic (exact) mass is 305 g/mol. The van der Waals surface area contributed by atoms with Crippen LogP contribution in [0.3, 0.4) is 0 Å². The van der Waals surface area contributed by atoms with Gasteiger partial charge in [0.1, 0.15) is 0 Å². The maximum atomic E-state index is 12.2. The largest absolute Gasteiger partial charge is 0.445 e. The van der Waals surface area contributed by atoms with E-state index in [-0.39, 0.29) is 12.3 Å². The van der Waals surface area contributed by atoms with E-state index in [0.717, 1.165) is 22.3 Å². The topological polar surface area (TPSA) is 65.1 Å². The van der Waals surface area contributed by atoms with Crippen molar-refractivity contribution in [1.82, 2.24) is 5.06 Å². The molecule has 0 N–H and O–H groups in total. The van der Waals surface area contributed by atoms with Crippen molar-refractivity contribution in [3.05, 3.63) is 47.2 Å². The number of carbonyl (C=O) groups is 2. The zero-order valence-corrected chi connectivity index (χ0v) is 13.1. The molecule has 0 aliphatic carbocycles. The van der Waals surface area contributed by atoms with Crippen LogP contribution in [0.2, 0.25) is 0 Å². The number of carbonyl (C=O) groups excluding carboxylic acids is 2. The van der Waals surface area contributed by atoms with E-state index in [1.54, 1.807) is 13.8 Å². The van der Waals surface area contributed by atoms with Crippen molar-refractivity contribution >= 4 is 11.9 Å². The Labute approximate surface area is 129 Å². The molecule has 0 saturated carbocycles. The highest BCUT2D eigenvalue weighted by molar-refractivity contribution is 5.97. The number of rotatable bonds is 4. The zero-order chi connectivity index (χ0) is 16.3. The first-order chi connectivity index (χ1) is 10.3. The van der Waals surface area contributed by atoms with Gasteiger partial charge in [-0.25, -0.2) is 9.86 Å². The van der Waals surface area contributed by atoms with Crippen molar-refractivity contribution in [2.24, 2.45) is 0 Å². The predicted molar refractivity (Wildman–Crippen MR) is 78.1 cm³/mol. The van der Waals surface area contributed by atoms with Crippen molar-refractivity contribution in [2.45, 2.75) is 33.1 Å². The van der Waals surface area contributed by atoms with Crippen molar-refractivity contribution < 1.29 is 23.9 Å². The van der Waals surface area contributed by atoms with Gasteiger partial charge < -0.3 is 9.47 Å². The first kappa shape index (κ1) is 16.0. The summed E-state index contributed by atoms with van der Waals surface area (Å²) in [7, 11) is 1.39. The van der Waals surface area contributed by atoms with E-state index < -0.39 is 17.7 Å². The van der Waals surface area contributed by atoms with Gasteiger partial charge in [-0.15, -0.1) is 0 Å². The van der Waals surface area contributed by atoms with Gasteiger partial charge in [0, 0.05) is 13.8 Å². The van der Waals surface area contributed by atoms with Gasteiger partial charge in [0.25, 0.3) is 5.91 Å². The van der Waals surface area contributed by atoms with Crippen LogP contribution in [-0.2, 0) is 30.4 Å². The molecule has 1 amide bonds. The summed E-state index contributed by atoms with van der Waals surface area (Å²) in [6.45, 7) is 5.43. The third kappa shape index (κ3) is 3.85. The van der Waals surface area contributed by atoms with Gasteiger partial charge in [0.2, 0.25) is 11.5 Å². The molecule has 118 valence electrons. The van der Waals surface area contributed by atoms with Crippen LogP contribution >= 0.6 is 0 Å². The molecule has 1 saturated heterocycles. The Hall–Kier alpha value is -2.34. The lowest BCUT2D eigenvalue weighted by Crippen LogP contribution is -2.28. The molecular formula is C16H19NO5. The van der Waals surface area contributed by atoms with E-state index in [9.17, 15) is 9.59 Å². The predicted octanol–water partition coefficient (Wildman–Crippen LogP) is 2.08. The fourth-order valence-corrected chi connectivity index (χ4v) is 1.97. The summed E-state index contributed by atoms with van der Waals surface area (Å²) in [5, 5.41) is 1.14. The average Bonchev–Trinajstić information content (AvgIpc) is 2.70. The highest BCUT2D eigenvalue weighted by atomic mass is 16.8. The minimum Gasteiger partial charge on any atom is -0.445 e. The first-order valence-corrected chi connectivity index (χ1v) is 6.86. The van der Waals surface area contributed by atoms with E-state index in [4.69, 9.17) is 14.3 Å². The number of hydrogen-bond donors (Lipinski definition) is 0. The van der Waals surface area contributed by atoms with Crippen LogP contribution in [0.5, 0.6) is 0 Å². The molecule has 0 aromatic heterocycles. The maximum Gasteiger partial charge on any atom is 0.377 e. The van der Waals surface area contributed by atoms with Crippen LogP contribution in [0.4, 0.5) is 0 Å². The SMILES string of the molecule is CON(Cc1ccc(C)cc1)C(=O)/C=C1\OC(C)(C)OC1=O. The van der Waals surface area contributed by atoms with Crippen LogP contribution in [0.1, 0.15) is 25.0 Å². The van der Waals surface area contributed by atoms with E-state index >= 15 is 0 Å². The Morgan fingerprint density at radius 2 is 1.91 bits per heavy atom. The van der Waals surface area contributed by atoms with E-state index in [1.165, 1.54) is 7.11 Å². The van der Waals surface area contributed by atoms with Crippen LogP contribution in [0.25, 0.3) is 0 Å². The number of hydrogen-bond acceptors (Lipinski definition) is 5. The molecule has 6 heteroatoms. The van der Waals surface area contributed by atoms with Crippen LogP contribution in [0.15, 0.2) is 36.1 Å². The molecule has 22 heavy (non-hydrogen) atoms. The van der Waals surface area contributed by atoms with E-state index in [2.05, 4.69) is 0 Å². The number of aryl methyl sites for hydroxylation is 1. The second kappa shape index (κ2) is 6.19. The van der Waals surface area contributed by atoms with Gasteiger partial charge >= 0.3 is 5.97 Å². The molecule has 1 aliphatic heterocycles. The third-order valence-electron chi connectivity index (χ3n) is 3.06. The minimum atomic E-state index is -1.06. The van der Waals surface area contributed by atoms with E-state index in [0.29, 0.717) is 0 Å². The second-order valence-electron chi connectivity index (χ2n) is 5.44. The van der Waals surface area contributed by atoms with Crippen LogP contribution in [-0.4, -0.2) is 29.8 Å². The van der Waals surface area contributed by atoms with Crippen molar-refractivity contribution in [2.75, 3.05) is 7.11 Å². The molecule has 0 unspecified atom stereocenters.